The molecule has 0 saturated carbocycles. The Hall–Kier alpha value is -1.94. The van der Waals surface area contributed by atoms with Crippen molar-refractivity contribution in [2.75, 3.05) is 4.90 Å². The van der Waals surface area contributed by atoms with E-state index >= 15 is 0 Å². The van der Waals surface area contributed by atoms with E-state index in [1.165, 1.54) is 0 Å². The first-order chi connectivity index (χ1) is 11.6. The number of benzene rings is 3. The summed E-state index contributed by atoms with van der Waals surface area (Å²) in [4.78, 5) is 17.0. The summed E-state index contributed by atoms with van der Waals surface area (Å²) in [5.41, 5.74) is 2.09. The number of amides is 1. The van der Waals surface area contributed by atoms with E-state index in [-0.39, 0.29) is 5.91 Å². The Bertz CT molecular complexity index is 912. The monoisotopic (exact) mass is 371 g/mol. The number of fused-ring (bicyclic) bond motifs is 2. The average Bonchev–Trinajstić information content (AvgIpc) is 2.61. The molecule has 3 aromatic rings. The number of nitrogens with zero attached hydrogens (tertiary/aromatic N) is 1. The van der Waals surface area contributed by atoms with Gasteiger partial charge in [0.2, 0.25) is 0 Å². The fourth-order valence-corrected chi connectivity index (χ4v) is 4.13. The Morgan fingerprint density at radius 3 is 2.04 bits per heavy atom. The first kappa shape index (κ1) is 15.6. The molecule has 0 atom stereocenters. The average molecular weight is 372 g/mol. The van der Waals surface area contributed by atoms with Crippen molar-refractivity contribution in [1.29, 1.82) is 0 Å². The molecule has 2 nitrogen and oxygen atoms in total. The summed E-state index contributed by atoms with van der Waals surface area (Å²) in [7, 11) is 0. The van der Waals surface area contributed by atoms with Gasteiger partial charge >= 0.3 is 0 Å². The minimum Gasteiger partial charge on any atom is -0.275 e. The Balaban J connectivity index is 1.91. The molecule has 4 rings (SSSR count). The smallest absolute Gasteiger partial charge is 0.264 e. The summed E-state index contributed by atoms with van der Waals surface area (Å²) in [5, 5.41) is 0.869. The maximum absolute atomic E-state index is 13.3. The molecule has 0 aliphatic carbocycles. The summed E-state index contributed by atoms with van der Waals surface area (Å²) in [6, 6.07) is 20.6. The van der Waals surface area contributed by atoms with Crippen molar-refractivity contribution in [1.82, 2.24) is 0 Å². The Morgan fingerprint density at radius 2 is 1.42 bits per heavy atom. The van der Waals surface area contributed by atoms with Gasteiger partial charge in [-0.3, -0.25) is 9.69 Å². The second-order valence-electron chi connectivity index (χ2n) is 5.30. The van der Waals surface area contributed by atoms with Gasteiger partial charge in [0.1, 0.15) is 0 Å². The van der Waals surface area contributed by atoms with Gasteiger partial charge in [0, 0.05) is 14.8 Å². The van der Waals surface area contributed by atoms with Crippen molar-refractivity contribution in [3.8, 4) is 0 Å². The number of carbonyl (C=O) groups is 1. The number of halogens is 2. The van der Waals surface area contributed by atoms with E-state index in [4.69, 9.17) is 23.2 Å². The van der Waals surface area contributed by atoms with E-state index in [0.29, 0.717) is 15.6 Å². The zero-order valence-corrected chi connectivity index (χ0v) is 14.7. The molecule has 24 heavy (non-hydrogen) atoms. The van der Waals surface area contributed by atoms with Gasteiger partial charge in [0.25, 0.3) is 5.91 Å². The van der Waals surface area contributed by atoms with Crippen LogP contribution in [0.3, 0.4) is 0 Å². The number of hydrogen-bond acceptors (Lipinski definition) is 2. The normalized spacial score (nSPS) is 12.5. The lowest BCUT2D eigenvalue weighted by molar-refractivity contribution is 0.0998. The third-order valence-corrected chi connectivity index (χ3v) is 5.49. The molecule has 1 amide bonds. The van der Waals surface area contributed by atoms with Gasteiger partial charge in [0.05, 0.1) is 22.0 Å². The minimum atomic E-state index is -0.192. The van der Waals surface area contributed by atoms with Gasteiger partial charge in [0.15, 0.2) is 0 Å². The van der Waals surface area contributed by atoms with Crippen molar-refractivity contribution < 1.29 is 4.79 Å². The molecule has 0 fully saturated rings. The molecule has 0 aromatic heterocycles. The summed E-state index contributed by atoms with van der Waals surface area (Å²) in [5.74, 6) is -0.192. The molecule has 3 aromatic carbocycles. The SMILES string of the molecule is O=C(c1cc(Cl)ccc1Cl)N1c2ccccc2Sc2ccccc21. The maximum atomic E-state index is 13.3. The number of para-hydroxylation sites is 2. The molecule has 1 aliphatic heterocycles. The van der Waals surface area contributed by atoms with Crippen LogP contribution in [0.25, 0.3) is 0 Å². The van der Waals surface area contributed by atoms with Crippen LogP contribution >= 0.6 is 35.0 Å². The maximum Gasteiger partial charge on any atom is 0.264 e. The van der Waals surface area contributed by atoms with Crippen molar-refractivity contribution in [2.24, 2.45) is 0 Å². The second kappa shape index (κ2) is 6.17. The molecule has 0 bridgehead atoms. The molecule has 0 spiro atoms. The molecule has 0 N–H and O–H groups in total. The lowest BCUT2D eigenvalue weighted by atomic mass is 10.1. The van der Waals surface area contributed by atoms with Crippen molar-refractivity contribution in [3.63, 3.8) is 0 Å². The Kier molecular flexibility index (Phi) is 4.01. The van der Waals surface area contributed by atoms with E-state index in [0.717, 1.165) is 21.2 Å². The molecule has 118 valence electrons. The number of rotatable bonds is 1. The lowest BCUT2D eigenvalue weighted by Gasteiger charge is -2.31. The Morgan fingerprint density at radius 1 is 0.833 bits per heavy atom. The van der Waals surface area contributed by atoms with Crippen molar-refractivity contribution in [2.45, 2.75) is 9.79 Å². The lowest BCUT2D eigenvalue weighted by Crippen LogP contribution is -2.28. The van der Waals surface area contributed by atoms with E-state index < -0.39 is 0 Å². The van der Waals surface area contributed by atoms with Crippen LogP contribution in [-0.4, -0.2) is 5.91 Å². The number of carbonyl (C=O) groups excluding carboxylic acids is 1. The van der Waals surface area contributed by atoms with Crippen molar-refractivity contribution in [3.05, 3.63) is 82.3 Å². The van der Waals surface area contributed by atoms with Crippen LogP contribution in [0.2, 0.25) is 10.0 Å². The third-order valence-electron chi connectivity index (χ3n) is 3.79. The standard InChI is InChI=1S/C19H11Cl2NOS/c20-12-9-10-14(21)13(11-12)19(23)22-15-5-1-3-7-17(15)24-18-8-4-2-6-16(18)22/h1-11H. The number of hydrogen-bond donors (Lipinski definition) is 0. The predicted molar refractivity (Wildman–Crippen MR) is 99.9 cm³/mol. The van der Waals surface area contributed by atoms with Gasteiger partial charge in [-0.1, -0.05) is 59.2 Å². The van der Waals surface area contributed by atoms with Crippen LogP contribution in [0.15, 0.2) is 76.5 Å². The van der Waals surface area contributed by atoms with E-state index in [9.17, 15) is 4.79 Å². The zero-order chi connectivity index (χ0) is 16.7. The molecular formula is C19H11Cl2NOS. The molecule has 5 heteroatoms. The fraction of sp³-hybridized carbons (Fsp3) is 0. The summed E-state index contributed by atoms with van der Waals surface area (Å²) in [6.45, 7) is 0. The van der Waals surface area contributed by atoms with Crippen molar-refractivity contribution >= 4 is 52.2 Å². The van der Waals surface area contributed by atoms with Gasteiger partial charge in [-0.05, 0) is 42.5 Å². The molecule has 1 heterocycles. The predicted octanol–water partition coefficient (Wildman–Crippen LogP) is 6.44. The second-order valence-corrected chi connectivity index (χ2v) is 7.23. The van der Waals surface area contributed by atoms with E-state index in [2.05, 4.69) is 0 Å². The van der Waals surface area contributed by atoms with E-state index in [1.807, 2.05) is 48.5 Å². The summed E-state index contributed by atoms with van der Waals surface area (Å²) >= 11 is 14.0. The zero-order valence-electron chi connectivity index (χ0n) is 12.4. The Labute approximate surface area is 154 Å². The third kappa shape index (κ3) is 2.59. The highest BCUT2D eigenvalue weighted by molar-refractivity contribution is 7.99. The van der Waals surface area contributed by atoms with Gasteiger partial charge in [-0.25, -0.2) is 0 Å². The number of anilines is 2. The molecule has 0 unspecified atom stereocenters. The van der Waals surface area contributed by atoms with Crippen LogP contribution in [0.4, 0.5) is 11.4 Å². The highest BCUT2D eigenvalue weighted by atomic mass is 35.5. The van der Waals surface area contributed by atoms with Crippen LogP contribution in [0.5, 0.6) is 0 Å². The van der Waals surface area contributed by atoms with Crippen LogP contribution < -0.4 is 4.90 Å². The van der Waals surface area contributed by atoms with Crippen LogP contribution in [0, 0.1) is 0 Å². The van der Waals surface area contributed by atoms with Gasteiger partial charge in [-0.2, -0.15) is 0 Å². The fourth-order valence-electron chi connectivity index (χ4n) is 2.71. The minimum absolute atomic E-state index is 0.192. The van der Waals surface area contributed by atoms with Gasteiger partial charge in [-0.15, -0.1) is 0 Å². The highest BCUT2D eigenvalue weighted by Gasteiger charge is 2.29. The van der Waals surface area contributed by atoms with Crippen LogP contribution in [0.1, 0.15) is 10.4 Å². The van der Waals surface area contributed by atoms with E-state index in [1.54, 1.807) is 34.9 Å². The van der Waals surface area contributed by atoms with Crippen LogP contribution in [-0.2, 0) is 0 Å². The molecule has 0 radical (unpaired) electrons. The quantitative estimate of drug-likeness (QED) is 0.490. The molecule has 0 saturated heterocycles. The first-order valence-corrected chi connectivity index (χ1v) is 8.88. The highest BCUT2D eigenvalue weighted by Crippen LogP contribution is 2.48. The summed E-state index contributed by atoms with van der Waals surface area (Å²) in [6.07, 6.45) is 0. The van der Waals surface area contributed by atoms with Gasteiger partial charge < -0.3 is 0 Å². The molecule has 1 aliphatic rings. The topological polar surface area (TPSA) is 20.3 Å². The summed E-state index contributed by atoms with van der Waals surface area (Å²) < 4.78 is 0. The molecular weight excluding hydrogens is 361 g/mol. The largest absolute Gasteiger partial charge is 0.275 e. The first-order valence-electron chi connectivity index (χ1n) is 7.30.